The van der Waals surface area contributed by atoms with Crippen molar-refractivity contribution >= 4 is 15.7 Å². The van der Waals surface area contributed by atoms with Crippen LogP contribution >= 0.6 is 0 Å². The summed E-state index contributed by atoms with van der Waals surface area (Å²) in [6, 6.07) is 10.3. The summed E-state index contributed by atoms with van der Waals surface area (Å²) >= 11 is 0. The molecule has 1 amide bonds. The van der Waals surface area contributed by atoms with Gasteiger partial charge in [0.15, 0.2) is 9.84 Å². The summed E-state index contributed by atoms with van der Waals surface area (Å²) in [5, 5.41) is -0.434. The van der Waals surface area contributed by atoms with E-state index in [1.807, 2.05) is 6.92 Å². The molecule has 24 heavy (non-hydrogen) atoms. The van der Waals surface area contributed by atoms with E-state index < -0.39 is 15.1 Å². The van der Waals surface area contributed by atoms with Crippen LogP contribution in [-0.2, 0) is 9.84 Å². The Bertz CT molecular complexity index is 831. The molecule has 1 aliphatic heterocycles. The number of piperidine rings is 1. The van der Waals surface area contributed by atoms with Gasteiger partial charge in [-0.1, -0.05) is 18.2 Å². The Hall–Kier alpha value is -2.08. The lowest BCUT2D eigenvalue weighted by Crippen LogP contribution is -2.42. The SMILES string of the molecule is Cc1cc(C(=O)N2CCC(S(=O)(=O)c3ccccc3)CC2)c(C)o1. The highest BCUT2D eigenvalue weighted by Crippen LogP contribution is 2.26. The molecule has 1 fully saturated rings. The van der Waals surface area contributed by atoms with Crippen LogP contribution in [0.25, 0.3) is 0 Å². The van der Waals surface area contributed by atoms with E-state index in [0.717, 1.165) is 0 Å². The number of nitrogens with zero attached hydrogens (tertiary/aromatic N) is 1. The summed E-state index contributed by atoms with van der Waals surface area (Å²) in [6.45, 7) is 4.47. The van der Waals surface area contributed by atoms with Gasteiger partial charge in [-0.05, 0) is 44.9 Å². The zero-order valence-corrected chi connectivity index (χ0v) is 14.7. The topological polar surface area (TPSA) is 67.6 Å². The Labute approximate surface area is 142 Å². The van der Waals surface area contributed by atoms with E-state index in [0.29, 0.717) is 47.9 Å². The van der Waals surface area contributed by atoms with Crippen LogP contribution < -0.4 is 0 Å². The number of hydrogen-bond acceptors (Lipinski definition) is 4. The summed E-state index contributed by atoms with van der Waals surface area (Å²) in [7, 11) is -3.34. The van der Waals surface area contributed by atoms with Crippen LogP contribution in [0.5, 0.6) is 0 Å². The van der Waals surface area contributed by atoms with Crippen molar-refractivity contribution in [3.05, 3.63) is 53.5 Å². The average molecular weight is 347 g/mol. The summed E-state index contributed by atoms with van der Waals surface area (Å²) in [5.74, 6) is 1.23. The minimum Gasteiger partial charge on any atom is -0.466 e. The lowest BCUT2D eigenvalue weighted by Gasteiger charge is -2.31. The highest BCUT2D eigenvalue weighted by molar-refractivity contribution is 7.92. The van der Waals surface area contributed by atoms with Gasteiger partial charge < -0.3 is 9.32 Å². The maximum absolute atomic E-state index is 12.7. The molecule has 2 heterocycles. The van der Waals surface area contributed by atoms with E-state index in [1.165, 1.54) is 0 Å². The summed E-state index contributed by atoms with van der Waals surface area (Å²) in [6.07, 6.45) is 0.914. The number of carbonyl (C=O) groups is 1. The fourth-order valence-electron chi connectivity index (χ4n) is 3.19. The number of sulfone groups is 1. The van der Waals surface area contributed by atoms with E-state index in [-0.39, 0.29) is 5.91 Å². The van der Waals surface area contributed by atoms with Gasteiger partial charge in [0.1, 0.15) is 11.5 Å². The quantitative estimate of drug-likeness (QED) is 0.856. The molecule has 3 rings (SSSR count). The van der Waals surface area contributed by atoms with Crippen molar-refractivity contribution in [1.29, 1.82) is 0 Å². The van der Waals surface area contributed by atoms with Gasteiger partial charge in [-0.15, -0.1) is 0 Å². The molecule has 2 aromatic rings. The third kappa shape index (κ3) is 3.11. The summed E-state index contributed by atoms with van der Waals surface area (Å²) in [5.41, 5.74) is 0.567. The molecule has 0 aliphatic carbocycles. The molecule has 0 bridgehead atoms. The molecule has 128 valence electrons. The van der Waals surface area contributed by atoms with Crippen molar-refractivity contribution in [2.45, 2.75) is 36.8 Å². The van der Waals surface area contributed by atoms with E-state index >= 15 is 0 Å². The first-order valence-electron chi connectivity index (χ1n) is 8.05. The molecule has 0 unspecified atom stereocenters. The Morgan fingerprint density at radius 3 is 2.29 bits per heavy atom. The number of likely N-dealkylation sites (tertiary alicyclic amines) is 1. The number of hydrogen-bond donors (Lipinski definition) is 0. The van der Waals surface area contributed by atoms with E-state index in [4.69, 9.17) is 4.42 Å². The third-order valence-electron chi connectivity index (χ3n) is 4.51. The fraction of sp³-hybridized carbons (Fsp3) is 0.389. The fourth-order valence-corrected chi connectivity index (χ4v) is 4.94. The predicted octanol–water partition coefficient (Wildman–Crippen LogP) is 2.97. The molecule has 1 saturated heterocycles. The van der Waals surface area contributed by atoms with Crippen LogP contribution in [0.3, 0.4) is 0 Å². The van der Waals surface area contributed by atoms with Crippen molar-refractivity contribution in [2.75, 3.05) is 13.1 Å². The number of furan rings is 1. The minimum atomic E-state index is -3.34. The molecule has 1 aliphatic rings. The van der Waals surface area contributed by atoms with Gasteiger partial charge in [-0.2, -0.15) is 0 Å². The number of aryl methyl sites for hydroxylation is 2. The molecule has 1 aromatic carbocycles. The molecule has 6 heteroatoms. The molecule has 0 spiro atoms. The first kappa shape index (κ1) is 16.8. The van der Waals surface area contributed by atoms with Crippen LogP contribution in [0.2, 0.25) is 0 Å². The van der Waals surface area contributed by atoms with Crippen LogP contribution in [0.15, 0.2) is 45.7 Å². The summed E-state index contributed by atoms with van der Waals surface area (Å²) in [4.78, 5) is 14.7. The van der Waals surface area contributed by atoms with Crippen LogP contribution in [-0.4, -0.2) is 37.6 Å². The molecule has 0 radical (unpaired) electrons. The average Bonchev–Trinajstić information content (AvgIpc) is 2.93. The smallest absolute Gasteiger partial charge is 0.257 e. The predicted molar refractivity (Wildman–Crippen MR) is 90.7 cm³/mol. The van der Waals surface area contributed by atoms with E-state index in [1.54, 1.807) is 48.2 Å². The molecule has 0 atom stereocenters. The normalized spacial score (nSPS) is 16.3. The minimum absolute atomic E-state index is 0.0834. The van der Waals surface area contributed by atoms with Crippen molar-refractivity contribution < 1.29 is 17.6 Å². The maximum Gasteiger partial charge on any atom is 0.257 e. The molecule has 0 N–H and O–H groups in total. The Morgan fingerprint density at radius 2 is 1.75 bits per heavy atom. The standard InChI is InChI=1S/C18H21NO4S/c1-13-12-17(14(2)23-13)18(20)19-10-8-16(9-11-19)24(21,22)15-6-4-3-5-7-15/h3-7,12,16H,8-11H2,1-2H3. The van der Waals surface area contributed by atoms with Gasteiger partial charge in [0.2, 0.25) is 0 Å². The molecular weight excluding hydrogens is 326 g/mol. The molecule has 5 nitrogen and oxygen atoms in total. The zero-order valence-electron chi connectivity index (χ0n) is 13.9. The maximum atomic E-state index is 12.7. The Morgan fingerprint density at radius 1 is 1.12 bits per heavy atom. The van der Waals surface area contributed by atoms with Gasteiger partial charge >= 0.3 is 0 Å². The van der Waals surface area contributed by atoms with E-state index in [2.05, 4.69) is 0 Å². The molecule has 0 saturated carbocycles. The van der Waals surface area contributed by atoms with Crippen molar-refractivity contribution in [1.82, 2.24) is 4.90 Å². The molecular formula is C18H21NO4S. The first-order valence-corrected chi connectivity index (χ1v) is 9.59. The van der Waals surface area contributed by atoms with Crippen LogP contribution in [0, 0.1) is 13.8 Å². The molecule has 1 aromatic heterocycles. The van der Waals surface area contributed by atoms with Crippen molar-refractivity contribution in [3.63, 3.8) is 0 Å². The Balaban J connectivity index is 1.70. The van der Waals surface area contributed by atoms with Crippen LogP contribution in [0.4, 0.5) is 0 Å². The second kappa shape index (κ2) is 6.43. The van der Waals surface area contributed by atoms with Crippen molar-refractivity contribution in [3.8, 4) is 0 Å². The van der Waals surface area contributed by atoms with Crippen molar-refractivity contribution in [2.24, 2.45) is 0 Å². The largest absolute Gasteiger partial charge is 0.466 e. The zero-order chi connectivity index (χ0) is 17.3. The van der Waals surface area contributed by atoms with Gasteiger partial charge in [0.25, 0.3) is 5.91 Å². The summed E-state index contributed by atoms with van der Waals surface area (Å²) < 4.78 is 30.8. The van der Waals surface area contributed by atoms with E-state index in [9.17, 15) is 13.2 Å². The number of benzene rings is 1. The van der Waals surface area contributed by atoms with Gasteiger partial charge in [0.05, 0.1) is 15.7 Å². The van der Waals surface area contributed by atoms with Gasteiger partial charge in [-0.3, -0.25) is 4.79 Å². The number of rotatable bonds is 3. The Kier molecular flexibility index (Phi) is 4.49. The lowest BCUT2D eigenvalue weighted by atomic mass is 10.1. The third-order valence-corrected chi connectivity index (χ3v) is 6.79. The number of carbonyl (C=O) groups excluding carboxylic acids is 1. The number of amides is 1. The monoisotopic (exact) mass is 347 g/mol. The van der Waals surface area contributed by atoms with Gasteiger partial charge in [0, 0.05) is 13.1 Å². The second-order valence-electron chi connectivity index (χ2n) is 6.18. The highest BCUT2D eigenvalue weighted by atomic mass is 32.2. The second-order valence-corrected chi connectivity index (χ2v) is 8.40. The first-order chi connectivity index (χ1) is 11.4. The van der Waals surface area contributed by atoms with Crippen LogP contribution in [0.1, 0.15) is 34.7 Å². The highest BCUT2D eigenvalue weighted by Gasteiger charge is 2.33. The lowest BCUT2D eigenvalue weighted by molar-refractivity contribution is 0.0724. The van der Waals surface area contributed by atoms with Gasteiger partial charge in [-0.25, -0.2) is 8.42 Å².